The van der Waals surface area contributed by atoms with Crippen molar-refractivity contribution in [3.63, 3.8) is 0 Å². The molecule has 0 aliphatic rings. The Morgan fingerprint density at radius 2 is 1.21 bits per heavy atom. The van der Waals surface area contributed by atoms with Gasteiger partial charge < -0.3 is 0 Å². The van der Waals surface area contributed by atoms with E-state index in [4.69, 9.17) is 4.18 Å². The van der Waals surface area contributed by atoms with Crippen LogP contribution < -0.4 is 0 Å². The van der Waals surface area contributed by atoms with Gasteiger partial charge in [0.25, 0.3) is 10.1 Å². The minimum Gasteiger partial charge on any atom is -0.254 e. The van der Waals surface area contributed by atoms with Gasteiger partial charge >= 0.3 is 0 Å². The predicted molar refractivity (Wildman–Crippen MR) is 75.3 cm³/mol. The maximum Gasteiger partial charge on any atom is 0.265 e. The molecule has 0 bridgehead atoms. The molecule has 0 atom stereocenters. The molecule has 4 heteroatoms. The summed E-state index contributed by atoms with van der Waals surface area (Å²) in [5.41, 5.74) is 0.578. The Kier molecular flexibility index (Phi) is 3.73. The van der Waals surface area contributed by atoms with E-state index in [0.29, 0.717) is 0 Å². The number of hydrogen-bond donors (Lipinski definition) is 0. The van der Waals surface area contributed by atoms with Gasteiger partial charge in [0.1, 0.15) is 5.60 Å². The quantitative estimate of drug-likeness (QED) is 0.806. The van der Waals surface area contributed by atoms with Gasteiger partial charge in [-0.2, -0.15) is 8.42 Å². The fourth-order valence-electron chi connectivity index (χ4n) is 2.08. The van der Waals surface area contributed by atoms with Crippen LogP contribution in [0.2, 0.25) is 0 Å². The summed E-state index contributed by atoms with van der Waals surface area (Å²) in [5, 5.41) is 0. The minimum atomic E-state index is -3.58. The van der Waals surface area contributed by atoms with E-state index in [0.717, 1.165) is 17.4 Å². The normalized spacial score (nSPS) is 12.3. The molecule has 100 valence electrons. The minimum absolute atomic E-state index is 0.798. The van der Waals surface area contributed by atoms with Crippen molar-refractivity contribution in [1.29, 1.82) is 0 Å². The van der Waals surface area contributed by atoms with Gasteiger partial charge in [0.2, 0.25) is 0 Å². The summed E-state index contributed by atoms with van der Waals surface area (Å²) in [5.74, 6) is 0. The van der Waals surface area contributed by atoms with Gasteiger partial charge in [0.05, 0.1) is 6.26 Å². The highest BCUT2D eigenvalue weighted by Crippen LogP contribution is 2.34. The molecule has 0 aliphatic carbocycles. The van der Waals surface area contributed by atoms with E-state index in [1.807, 2.05) is 60.7 Å². The number of benzene rings is 2. The third-order valence-electron chi connectivity index (χ3n) is 2.97. The molecule has 0 heterocycles. The monoisotopic (exact) mass is 276 g/mol. The highest BCUT2D eigenvalue weighted by atomic mass is 32.2. The molecule has 19 heavy (non-hydrogen) atoms. The second-order valence-electron chi connectivity index (χ2n) is 4.55. The molecular formula is C15H16O3S. The van der Waals surface area contributed by atoms with E-state index < -0.39 is 15.7 Å². The predicted octanol–water partition coefficient (Wildman–Crippen LogP) is 2.93. The Balaban J connectivity index is 2.57. The molecule has 0 radical (unpaired) electrons. The summed E-state index contributed by atoms with van der Waals surface area (Å²) in [6.45, 7) is 1.76. The van der Waals surface area contributed by atoms with E-state index in [9.17, 15) is 8.42 Å². The SMILES string of the molecule is CC(OS(C)(=O)=O)(c1ccccc1)c1ccccc1. The Morgan fingerprint density at radius 1 is 0.842 bits per heavy atom. The fourth-order valence-corrected chi connectivity index (χ4v) is 2.88. The van der Waals surface area contributed by atoms with E-state index in [1.165, 1.54) is 0 Å². The third kappa shape index (κ3) is 3.22. The van der Waals surface area contributed by atoms with Gasteiger partial charge in [0, 0.05) is 0 Å². The van der Waals surface area contributed by atoms with Crippen molar-refractivity contribution in [2.45, 2.75) is 12.5 Å². The van der Waals surface area contributed by atoms with Crippen LogP contribution in [0.5, 0.6) is 0 Å². The molecule has 0 unspecified atom stereocenters. The van der Waals surface area contributed by atoms with Crippen LogP contribution in [-0.2, 0) is 19.9 Å². The topological polar surface area (TPSA) is 43.4 Å². The van der Waals surface area contributed by atoms with Gasteiger partial charge in [-0.3, -0.25) is 4.18 Å². The van der Waals surface area contributed by atoms with E-state index in [2.05, 4.69) is 0 Å². The van der Waals surface area contributed by atoms with Gasteiger partial charge in [-0.05, 0) is 18.1 Å². The van der Waals surface area contributed by atoms with Crippen LogP contribution in [0.25, 0.3) is 0 Å². The molecule has 0 amide bonds. The van der Waals surface area contributed by atoms with Gasteiger partial charge in [-0.1, -0.05) is 60.7 Å². The Bertz CT molecular complexity index is 594. The molecule has 0 aliphatic heterocycles. The first kappa shape index (κ1) is 13.8. The molecule has 2 aromatic rings. The lowest BCUT2D eigenvalue weighted by atomic mass is 9.88. The van der Waals surface area contributed by atoms with Crippen molar-refractivity contribution in [3.8, 4) is 0 Å². The van der Waals surface area contributed by atoms with Gasteiger partial charge in [0.15, 0.2) is 0 Å². The molecule has 3 nitrogen and oxygen atoms in total. The highest BCUT2D eigenvalue weighted by molar-refractivity contribution is 7.86. The molecule has 0 saturated carbocycles. The van der Waals surface area contributed by atoms with E-state index in [1.54, 1.807) is 6.92 Å². The lowest BCUT2D eigenvalue weighted by molar-refractivity contribution is 0.143. The summed E-state index contributed by atoms with van der Waals surface area (Å²) in [7, 11) is -3.58. The van der Waals surface area contributed by atoms with Crippen LogP contribution in [0.15, 0.2) is 60.7 Å². The largest absolute Gasteiger partial charge is 0.265 e. The van der Waals surface area contributed by atoms with Crippen LogP contribution >= 0.6 is 0 Å². The summed E-state index contributed by atoms with van der Waals surface area (Å²) >= 11 is 0. The Morgan fingerprint density at radius 3 is 1.53 bits per heavy atom. The molecule has 0 N–H and O–H groups in total. The van der Waals surface area contributed by atoms with Crippen molar-refractivity contribution < 1.29 is 12.6 Å². The Labute approximate surface area is 114 Å². The molecule has 2 aromatic carbocycles. The first-order chi connectivity index (χ1) is 8.92. The summed E-state index contributed by atoms with van der Waals surface area (Å²) < 4.78 is 28.5. The first-order valence-electron chi connectivity index (χ1n) is 5.93. The van der Waals surface area contributed by atoms with Crippen molar-refractivity contribution in [1.82, 2.24) is 0 Å². The molecule has 0 spiro atoms. The average molecular weight is 276 g/mol. The molecule has 2 rings (SSSR count). The second-order valence-corrected chi connectivity index (χ2v) is 6.13. The summed E-state index contributed by atoms with van der Waals surface area (Å²) in [6, 6.07) is 18.7. The van der Waals surface area contributed by atoms with Crippen LogP contribution in [0.4, 0.5) is 0 Å². The zero-order valence-electron chi connectivity index (χ0n) is 10.9. The van der Waals surface area contributed by atoms with Crippen LogP contribution in [0, 0.1) is 0 Å². The summed E-state index contributed by atoms with van der Waals surface area (Å²) in [4.78, 5) is 0. The Hall–Kier alpha value is -1.65. The number of hydrogen-bond acceptors (Lipinski definition) is 3. The van der Waals surface area contributed by atoms with Gasteiger partial charge in [-0.25, -0.2) is 0 Å². The standard InChI is InChI=1S/C15H16O3S/c1-15(18-19(2,16)17,13-9-5-3-6-10-13)14-11-7-4-8-12-14/h3-12H,1-2H3. The van der Waals surface area contributed by atoms with Gasteiger partial charge in [-0.15, -0.1) is 0 Å². The van der Waals surface area contributed by atoms with E-state index >= 15 is 0 Å². The van der Waals surface area contributed by atoms with Crippen molar-refractivity contribution in [3.05, 3.63) is 71.8 Å². The van der Waals surface area contributed by atoms with Crippen molar-refractivity contribution in [2.24, 2.45) is 0 Å². The zero-order valence-corrected chi connectivity index (χ0v) is 11.7. The maximum absolute atomic E-state index is 11.6. The molecular weight excluding hydrogens is 260 g/mol. The van der Waals surface area contributed by atoms with Crippen LogP contribution in [0.1, 0.15) is 18.1 Å². The smallest absolute Gasteiger partial charge is 0.254 e. The lowest BCUT2D eigenvalue weighted by Crippen LogP contribution is -2.30. The maximum atomic E-state index is 11.6. The van der Waals surface area contributed by atoms with Crippen LogP contribution in [-0.4, -0.2) is 14.7 Å². The fraction of sp³-hybridized carbons (Fsp3) is 0.200. The lowest BCUT2D eigenvalue weighted by Gasteiger charge is -2.29. The highest BCUT2D eigenvalue weighted by Gasteiger charge is 2.33. The molecule has 0 aromatic heterocycles. The third-order valence-corrected chi connectivity index (χ3v) is 3.60. The average Bonchev–Trinajstić information content (AvgIpc) is 2.39. The van der Waals surface area contributed by atoms with E-state index in [-0.39, 0.29) is 0 Å². The zero-order chi connectivity index (χ0) is 13.9. The van der Waals surface area contributed by atoms with Crippen molar-refractivity contribution >= 4 is 10.1 Å². The molecule has 0 saturated heterocycles. The van der Waals surface area contributed by atoms with Crippen LogP contribution in [0.3, 0.4) is 0 Å². The number of rotatable bonds is 4. The van der Waals surface area contributed by atoms with Crippen molar-refractivity contribution in [2.75, 3.05) is 6.26 Å². The summed E-state index contributed by atoms with van der Waals surface area (Å²) in [6.07, 6.45) is 1.07. The second kappa shape index (κ2) is 5.15. The first-order valence-corrected chi connectivity index (χ1v) is 7.75. The molecule has 0 fully saturated rings.